The predicted octanol–water partition coefficient (Wildman–Crippen LogP) is 3.79. The van der Waals surface area contributed by atoms with E-state index in [4.69, 9.17) is 0 Å². The molecule has 1 fully saturated rings. The van der Waals surface area contributed by atoms with E-state index in [0.29, 0.717) is 11.8 Å². The Kier molecular flexibility index (Phi) is 6.32. The number of hydrogen-bond donors (Lipinski definition) is 2. The summed E-state index contributed by atoms with van der Waals surface area (Å²) in [5.41, 5.74) is 2.49. The molecule has 0 saturated heterocycles. The van der Waals surface area contributed by atoms with Gasteiger partial charge in [-0.2, -0.15) is 0 Å². The van der Waals surface area contributed by atoms with E-state index in [1.807, 2.05) is 30.3 Å². The fraction of sp³-hybridized carbons (Fsp3) is 0.636. The molecular formula is C22H33NO2. The lowest BCUT2D eigenvalue weighted by Gasteiger charge is -2.27. The van der Waals surface area contributed by atoms with Crippen LogP contribution in [-0.4, -0.2) is 41.9 Å². The summed E-state index contributed by atoms with van der Waals surface area (Å²) in [6, 6.07) is 9.83. The van der Waals surface area contributed by atoms with Crippen molar-refractivity contribution in [3.05, 3.63) is 47.5 Å². The minimum absolute atomic E-state index is 0.0325. The summed E-state index contributed by atoms with van der Waals surface area (Å²) in [5, 5.41) is 21.4. The Hall–Kier alpha value is -1.16. The fourth-order valence-corrected chi connectivity index (χ4v) is 4.79. The van der Waals surface area contributed by atoms with Crippen molar-refractivity contribution >= 4 is 0 Å². The van der Waals surface area contributed by atoms with Gasteiger partial charge in [0.1, 0.15) is 0 Å². The summed E-state index contributed by atoms with van der Waals surface area (Å²) in [7, 11) is 4.26. The van der Waals surface area contributed by atoms with E-state index < -0.39 is 6.10 Å². The van der Waals surface area contributed by atoms with Gasteiger partial charge in [-0.25, -0.2) is 0 Å². The molecule has 2 N–H and O–H groups in total. The summed E-state index contributed by atoms with van der Waals surface area (Å²) in [6.07, 6.45) is 8.33. The van der Waals surface area contributed by atoms with Gasteiger partial charge in [-0.05, 0) is 70.1 Å². The van der Waals surface area contributed by atoms with Crippen LogP contribution in [0, 0.1) is 17.8 Å². The van der Waals surface area contributed by atoms with Gasteiger partial charge in [-0.15, -0.1) is 0 Å². The van der Waals surface area contributed by atoms with Crippen molar-refractivity contribution in [2.75, 3.05) is 20.6 Å². The van der Waals surface area contributed by atoms with Crippen LogP contribution in [0.25, 0.3) is 0 Å². The highest BCUT2D eigenvalue weighted by Crippen LogP contribution is 2.51. The average Bonchev–Trinajstić information content (AvgIpc) is 3.10. The van der Waals surface area contributed by atoms with Crippen molar-refractivity contribution in [3.8, 4) is 0 Å². The molecule has 3 heteroatoms. The first-order valence-corrected chi connectivity index (χ1v) is 9.81. The number of benzene rings is 1. The Morgan fingerprint density at radius 2 is 1.88 bits per heavy atom. The SMILES string of the molecule is CN(C)CCCCCC1=C[C@H]2C[C@@H](O)[C@H]([C@H](O)c3ccccc3)[C@H]2C1. The van der Waals surface area contributed by atoms with Crippen LogP contribution in [0.3, 0.4) is 0 Å². The van der Waals surface area contributed by atoms with Gasteiger partial charge in [-0.1, -0.05) is 48.4 Å². The number of nitrogens with zero attached hydrogens (tertiary/aromatic N) is 1. The van der Waals surface area contributed by atoms with Crippen molar-refractivity contribution in [2.45, 2.75) is 50.7 Å². The standard InChI is InChI=1S/C22H33NO2/c1-23(2)12-8-4-5-9-16-13-18-15-20(24)21(19(18)14-16)22(25)17-10-6-3-7-11-17/h3,6-7,10-11,13,18-22,24-25H,4-5,8-9,12,14-15H2,1-2H3/t18-,19-,20+,21+,22+/m0/s1. The van der Waals surface area contributed by atoms with Gasteiger partial charge in [0.25, 0.3) is 0 Å². The molecule has 3 nitrogen and oxygen atoms in total. The van der Waals surface area contributed by atoms with Crippen LogP contribution >= 0.6 is 0 Å². The minimum atomic E-state index is -0.556. The third-order valence-electron chi connectivity index (χ3n) is 6.06. The van der Waals surface area contributed by atoms with Crippen LogP contribution in [0.1, 0.15) is 50.2 Å². The summed E-state index contributed by atoms with van der Waals surface area (Å²) in [6.45, 7) is 1.17. The van der Waals surface area contributed by atoms with E-state index in [1.54, 1.807) is 5.57 Å². The maximum atomic E-state index is 10.8. The van der Waals surface area contributed by atoms with E-state index in [-0.39, 0.29) is 12.0 Å². The van der Waals surface area contributed by atoms with E-state index >= 15 is 0 Å². The molecule has 3 rings (SSSR count). The zero-order valence-electron chi connectivity index (χ0n) is 15.6. The van der Waals surface area contributed by atoms with Crippen molar-refractivity contribution in [3.63, 3.8) is 0 Å². The molecule has 138 valence electrons. The zero-order chi connectivity index (χ0) is 17.8. The highest BCUT2D eigenvalue weighted by atomic mass is 16.3. The smallest absolute Gasteiger partial charge is 0.0845 e. The van der Waals surface area contributed by atoms with Crippen LogP contribution in [0.5, 0.6) is 0 Å². The van der Waals surface area contributed by atoms with E-state index in [2.05, 4.69) is 25.1 Å². The molecule has 1 saturated carbocycles. The number of unbranched alkanes of at least 4 members (excludes halogenated alkanes) is 2. The van der Waals surface area contributed by atoms with Gasteiger partial charge >= 0.3 is 0 Å². The number of allylic oxidation sites excluding steroid dienone is 2. The number of hydrogen-bond acceptors (Lipinski definition) is 3. The van der Waals surface area contributed by atoms with Crippen LogP contribution in [0.4, 0.5) is 0 Å². The minimum Gasteiger partial charge on any atom is -0.393 e. The molecule has 5 atom stereocenters. The lowest BCUT2D eigenvalue weighted by atomic mass is 9.82. The van der Waals surface area contributed by atoms with Crippen molar-refractivity contribution in [1.82, 2.24) is 4.90 Å². The van der Waals surface area contributed by atoms with Gasteiger partial charge < -0.3 is 15.1 Å². The molecule has 0 aromatic heterocycles. The number of fused-ring (bicyclic) bond motifs is 1. The lowest BCUT2D eigenvalue weighted by molar-refractivity contribution is 0.0109. The molecule has 0 radical (unpaired) electrons. The molecular weight excluding hydrogens is 310 g/mol. The van der Waals surface area contributed by atoms with Gasteiger partial charge in [0.15, 0.2) is 0 Å². The van der Waals surface area contributed by atoms with Crippen LogP contribution in [0.15, 0.2) is 42.0 Å². The van der Waals surface area contributed by atoms with Gasteiger partial charge in [-0.3, -0.25) is 0 Å². The number of aliphatic hydroxyl groups is 2. The molecule has 1 aromatic rings. The first-order valence-electron chi connectivity index (χ1n) is 9.81. The third kappa shape index (κ3) is 4.52. The van der Waals surface area contributed by atoms with Gasteiger partial charge in [0, 0.05) is 5.92 Å². The Balaban J connectivity index is 1.53. The van der Waals surface area contributed by atoms with Crippen LogP contribution < -0.4 is 0 Å². The Morgan fingerprint density at radius 3 is 2.60 bits per heavy atom. The van der Waals surface area contributed by atoms with Crippen molar-refractivity contribution in [2.24, 2.45) is 17.8 Å². The number of rotatable bonds is 8. The van der Waals surface area contributed by atoms with Crippen molar-refractivity contribution < 1.29 is 10.2 Å². The normalized spacial score (nSPS) is 29.7. The average molecular weight is 344 g/mol. The maximum Gasteiger partial charge on any atom is 0.0845 e. The fourth-order valence-electron chi connectivity index (χ4n) is 4.79. The first kappa shape index (κ1) is 18.6. The lowest BCUT2D eigenvalue weighted by Crippen LogP contribution is -2.26. The molecule has 1 aromatic carbocycles. The molecule has 0 aliphatic heterocycles. The molecule has 0 spiro atoms. The van der Waals surface area contributed by atoms with Crippen LogP contribution in [0.2, 0.25) is 0 Å². The molecule has 25 heavy (non-hydrogen) atoms. The second kappa shape index (κ2) is 8.48. The van der Waals surface area contributed by atoms with E-state index in [9.17, 15) is 10.2 Å². The largest absolute Gasteiger partial charge is 0.393 e. The summed E-state index contributed by atoms with van der Waals surface area (Å²) >= 11 is 0. The third-order valence-corrected chi connectivity index (χ3v) is 6.06. The van der Waals surface area contributed by atoms with Crippen LogP contribution in [-0.2, 0) is 0 Å². The molecule has 0 amide bonds. The monoisotopic (exact) mass is 343 g/mol. The number of aliphatic hydroxyl groups excluding tert-OH is 2. The Bertz CT molecular complexity index is 569. The molecule has 0 heterocycles. The Labute approximate surface area is 152 Å². The molecule has 2 aliphatic rings. The quantitative estimate of drug-likeness (QED) is 0.557. The summed E-state index contributed by atoms with van der Waals surface area (Å²) in [5.74, 6) is 0.826. The van der Waals surface area contributed by atoms with E-state index in [1.165, 1.54) is 32.2 Å². The van der Waals surface area contributed by atoms with Gasteiger partial charge in [0.2, 0.25) is 0 Å². The topological polar surface area (TPSA) is 43.7 Å². The summed E-state index contributed by atoms with van der Waals surface area (Å²) in [4.78, 5) is 2.25. The van der Waals surface area contributed by atoms with E-state index in [0.717, 1.165) is 18.4 Å². The second-order valence-electron chi connectivity index (χ2n) is 8.21. The second-order valence-corrected chi connectivity index (χ2v) is 8.21. The van der Waals surface area contributed by atoms with Gasteiger partial charge in [0.05, 0.1) is 12.2 Å². The molecule has 0 bridgehead atoms. The highest BCUT2D eigenvalue weighted by molar-refractivity contribution is 5.23. The maximum absolute atomic E-state index is 10.8. The first-order chi connectivity index (χ1) is 12.1. The molecule has 2 aliphatic carbocycles. The summed E-state index contributed by atoms with van der Waals surface area (Å²) < 4.78 is 0. The highest BCUT2D eigenvalue weighted by Gasteiger charge is 2.47. The Morgan fingerprint density at radius 1 is 1.12 bits per heavy atom. The zero-order valence-corrected chi connectivity index (χ0v) is 15.6. The van der Waals surface area contributed by atoms with Crippen molar-refractivity contribution in [1.29, 1.82) is 0 Å². The predicted molar refractivity (Wildman–Crippen MR) is 102 cm³/mol. The molecule has 0 unspecified atom stereocenters.